The summed E-state index contributed by atoms with van der Waals surface area (Å²) < 4.78 is 5.79. The third-order valence-electron chi connectivity index (χ3n) is 9.76. The van der Waals surface area contributed by atoms with Gasteiger partial charge in [-0.2, -0.15) is 0 Å². The molecule has 6 rings (SSSR count). The minimum absolute atomic E-state index is 0.0188. The van der Waals surface area contributed by atoms with Gasteiger partial charge in [-0.15, -0.1) is 0 Å². The molecule has 0 aromatic heterocycles. The zero-order valence-corrected chi connectivity index (χ0v) is 25.2. The van der Waals surface area contributed by atoms with Crippen LogP contribution in [0.1, 0.15) is 44.1 Å². The number of fused-ring (bicyclic) bond motifs is 4. The zero-order chi connectivity index (χ0) is 30.8. The van der Waals surface area contributed by atoms with Gasteiger partial charge < -0.3 is 14.9 Å². The second kappa shape index (κ2) is 10.6. The van der Waals surface area contributed by atoms with Crippen molar-refractivity contribution in [3.8, 4) is 11.5 Å². The Morgan fingerprint density at radius 3 is 2.47 bits per heavy atom. The predicted molar refractivity (Wildman–Crippen MR) is 157 cm³/mol. The third-order valence-corrected chi connectivity index (χ3v) is 10.4. The van der Waals surface area contributed by atoms with Crippen molar-refractivity contribution in [3.63, 3.8) is 0 Å². The zero-order valence-electron chi connectivity index (χ0n) is 23.7. The van der Waals surface area contributed by atoms with E-state index in [0.29, 0.717) is 15.7 Å². The molecule has 0 bridgehead atoms. The maximum absolute atomic E-state index is 14.4. The number of halogens is 1. The number of rotatable bonds is 7. The number of aliphatic carboxylic acids is 1. The van der Waals surface area contributed by atoms with Gasteiger partial charge in [0.1, 0.15) is 0 Å². The Balaban J connectivity index is 1.48. The highest BCUT2D eigenvalue weighted by molar-refractivity contribution is 9.10. The lowest BCUT2D eigenvalue weighted by molar-refractivity contribution is -0.142. The fourth-order valence-corrected chi connectivity index (χ4v) is 8.27. The molecule has 4 aliphatic rings. The summed E-state index contributed by atoms with van der Waals surface area (Å²) in [5.41, 5.74) is 0.679. The van der Waals surface area contributed by atoms with E-state index in [1.807, 2.05) is 6.08 Å². The van der Waals surface area contributed by atoms with Crippen LogP contribution in [0.3, 0.4) is 0 Å². The molecule has 6 atom stereocenters. The minimum Gasteiger partial charge on any atom is -0.503 e. The van der Waals surface area contributed by atoms with Crippen molar-refractivity contribution in [2.45, 2.75) is 38.5 Å². The number of amides is 4. The van der Waals surface area contributed by atoms with Gasteiger partial charge in [-0.25, -0.2) is 4.90 Å². The van der Waals surface area contributed by atoms with Crippen molar-refractivity contribution < 1.29 is 38.9 Å². The summed E-state index contributed by atoms with van der Waals surface area (Å²) >= 11 is 3.40. The van der Waals surface area contributed by atoms with E-state index in [4.69, 9.17) is 9.84 Å². The van der Waals surface area contributed by atoms with Gasteiger partial charge in [0.15, 0.2) is 11.5 Å². The summed E-state index contributed by atoms with van der Waals surface area (Å²) in [5, 5.41) is 19.6. The predicted octanol–water partition coefficient (Wildman–Crippen LogP) is 4.26. The Hall–Kier alpha value is -3.99. The number of hydrogen-bond donors (Lipinski definition) is 2. The molecule has 3 fully saturated rings. The number of anilines is 1. The number of phenolic OH excluding ortho intramolecular Hbond substituents is 1. The summed E-state index contributed by atoms with van der Waals surface area (Å²) in [4.78, 5) is 69.3. The number of likely N-dealkylation sites (tertiary alicyclic amines) is 1. The smallest absolute Gasteiger partial charge is 0.303 e. The average molecular weight is 652 g/mol. The molecule has 1 saturated carbocycles. The van der Waals surface area contributed by atoms with Crippen molar-refractivity contribution in [3.05, 3.63) is 64.1 Å². The van der Waals surface area contributed by atoms with E-state index in [0.717, 1.165) is 5.57 Å². The van der Waals surface area contributed by atoms with Gasteiger partial charge in [-0.3, -0.25) is 28.9 Å². The maximum atomic E-state index is 14.4. The van der Waals surface area contributed by atoms with Gasteiger partial charge in [-0.1, -0.05) is 29.8 Å². The quantitative estimate of drug-likeness (QED) is 0.334. The Bertz CT molecular complexity index is 1590. The number of ether oxygens (including phenoxy) is 1. The Kier molecular flexibility index (Phi) is 7.19. The van der Waals surface area contributed by atoms with Crippen LogP contribution < -0.4 is 9.64 Å². The molecule has 2 aromatic carbocycles. The van der Waals surface area contributed by atoms with Gasteiger partial charge >= 0.3 is 5.97 Å². The molecule has 2 N–H and O–H groups in total. The number of carbonyl (C=O) groups is 5. The molecule has 10 nitrogen and oxygen atoms in total. The number of carbonyl (C=O) groups excluding carboxylic acids is 4. The van der Waals surface area contributed by atoms with E-state index >= 15 is 0 Å². The van der Waals surface area contributed by atoms with Crippen molar-refractivity contribution in [1.29, 1.82) is 0 Å². The highest BCUT2D eigenvalue weighted by atomic mass is 79.9. The number of imide groups is 2. The topological polar surface area (TPSA) is 142 Å². The Morgan fingerprint density at radius 1 is 1.07 bits per heavy atom. The highest BCUT2D eigenvalue weighted by Crippen LogP contribution is 2.64. The SMILES string of the molecule is COc1cc(C2C3=CCC4C(=O)N(CCCC(=O)O)C(=O)C4C3CC3C(=O)N(c4ccccc4)C(=O)C32C)cc(Br)c1O. The largest absolute Gasteiger partial charge is 0.503 e. The average Bonchev–Trinajstić information content (AvgIpc) is 3.34. The van der Waals surface area contributed by atoms with Crippen molar-refractivity contribution >= 4 is 51.2 Å². The van der Waals surface area contributed by atoms with E-state index in [1.54, 1.807) is 49.4 Å². The molecule has 2 saturated heterocycles. The first-order valence-electron chi connectivity index (χ1n) is 14.3. The monoisotopic (exact) mass is 650 g/mol. The van der Waals surface area contributed by atoms with Gasteiger partial charge in [0.25, 0.3) is 0 Å². The molecule has 11 heteroatoms. The maximum Gasteiger partial charge on any atom is 0.303 e. The Morgan fingerprint density at radius 2 is 1.79 bits per heavy atom. The van der Waals surface area contributed by atoms with Gasteiger partial charge in [0.2, 0.25) is 23.6 Å². The van der Waals surface area contributed by atoms with E-state index in [-0.39, 0.29) is 67.4 Å². The van der Waals surface area contributed by atoms with Gasteiger partial charge in [-0.05, 0) is 77.9 Å². The van der Waals surface area contributed by atoms with E-state index < -0.39 is 41.0 Å². The summed E-state index contributed by atoms with van der Waals surface area (Å²) in [5.74, 6) is -5.58. The second-order valence-electron chi connectivity index (χ2n) is 11.9. The van der Waals surface area contributed by atoms with Crippen LogP contribution in [0.2, 0.25) is 0 Å². The molecular weight excluding hydrogens is 620 g/mol. The number of benzene rings is 2. The molecule has 0 spiro atoms. The number of allylic oxidation sites excluding steroid dienone is 2. The van der Waals surface area contributed by atoms with Crippen molar-refractivity contribution in [2.24, 2.45) is 29.1 Å². The molecule has 0 radical (unpaired) electrons. The lowest BCUT2D eigenvalue weighted by Crippen LogP contribution is -2.48. The molecule has 2 heterocycles. The fourth-order valence-electron chi connectivity index (χ4n) is 7.81. The number of methoxy groups -OCH3 is 1. The van der Waals surface area contributed by atoms with Gasteiger partial charge in [0, 0.05) is 18.9 Å². The van der Waals surface area contributed by atoms with Crippen LogP contribution in [0.15, 0.2) is 58.6 Å². The summed E-state index contributed by atoms with van der Waals surface area (Å²) in [6.07, 6.45) is 2.44. The highest BCUT2D eigenvalue weighted by Gasteiger charge is 2.67. The lowest BCUT2D eigenvalue weighted by atomic mass is 9.51. The third kappa shape index (κ3) is 4.30. The molecule has 4 amide bonds. The number of hydrogen-bond acceptors (Lipinski definition) is 7. The first kappa shape index (κ1) is 29.1. The number of nitrogens with zero attached hydrogens (tertiary/aromatic N) is 2. The number of carboxylic acid groups (broad SMARTS) is 1. The molecule has 224 valence electrons. The lowest BCUT2D eigenvalue weighted by Gasteiger charge is -2.49. The van der Waals surface area contributed by atoms with Crippen LogP contribution in [0, 0.1) is 29.1 Å². The first-order valence-corrected chi connectivity index (χ1v) is 15.1. The standard InChI is InChI=1S/C32H31BrN2O8/c1-32-21(29(40)35(31(32)42)17-7-4-3-5-8-17)15-20-18(26(32)16-13-22(33)27(38)23(14-16)43-2)10-11-19-25(20)30(41)34(28(19)39)12-6-9-24(36)37/h3-5,7-8,10,13-14,19-21,25-26,38H,6,9,11-12,15H2,1-2H3,(H,36,37). The first-order chi connectivity index (χ1) is 20.5. The van der Waals surface area contributed by atoms with Gasteiger partial charge in [0.05, 0.1) is 40.4 Å². The molecule has 2 aromatic rings. The van der Waals surface area contributed by atoms with Crippen molar-refractivity contribution in [1.82, 2.24) is 4.90 Å². The number of para-hydroxylation sites is 1. The molecule has 2 aliphatic carbocycles. The number of carboxylic acids is 1. The molecule has 43 heavy (non-hydrogen) atoms. The number of phenols is 1. The minimum atomic E-state index is -1.23. The molecule has 2 aliphatic heterocycles. The second-order valence-corrected chi connectivity index (χ2v) is 12.7. The summed E-state index contributed by atoms with van der Waals surface area (Å²) in [6.45, 7) is 1.81. The van der Waals surface area contributed by atoms with Crippen LogP contribution >= 0.6 is 15.9 Å². The van der Waals surface area contributed by atoms with Crippen LogP contribution in [-0.4, -0.2) is 58.4 Å². The van der Waals surface area contributed by atoms with Crippen LogP contribution in [-0.2, 0) is 24.0 Å². The van der Waals surface area contributed by atoms with Crippen LogP contribution in [0.5, 0.6) is 11.5 Å². The van der Waals surface area contributed by atoms with Crippen molar-refractivity contribution in [2.75, 3.05) is 18.6 Å². The Labute approximate surface area is 256 Å². The van der Waals surface area contributed by atoms with E-state index in [9.17, 15) is 29.1 Å². The molecule has 6 unspecified atom stereocenters. The van der Waals surface area contributed by atoms with Crippen LogP contribution in [0.4, 0.5) is 5.69 Å². The number of aromatic hydroxyl groups is 1. The van der Waals surface area contributed by atoms with E-state index in [1.165, 1.54) is 16.9 Å². The normalized spacial score (nSPS) is 29.7. The summed E-state index contributed by atoms with van der Waals surface area (Å²) in [6, 6.07) is 12.1. The van der Waals surface area contributed by atoms with Crippen LogP contribution in [0.25, 0.3) is 0 Å². The molecular formula is C32H31BrN2O8. The fraction of sp³-hybridized carbons (Fsp3) is 0.406. The summed E-state index contributed by atoms with van der Waals surface area (Å²) in [7, 11) is 1.42. The van der Waals surface area contributed by atoms with E-state index in [2.05, 4.69) is 15.9 Å².